The molecule has 5 nitrogen and oxygen atoms in total. The Kier molecular flexibility index (Phi) is 14.1. The van der Waals surface area contributed by atoms with Gasteiger partial charge in [0.05, 0.1) is 23.8 Å². The van der Waals surface area contributed by atoms with Crippen LogP contribution < -0.4 is 9.47 Å². The first kappa shape index (κ1) is 32.9. The molecule has 42 heavy (non-hydrogen) atoms. The molecule has 0 bridgehead atoms. The molecule has 0 spiro atoms. The fourth-order valence-corrected chi connectivity index (χ4v) is 4.74. The highest BCUT2D eigenvalue weighted by atomic mass is 16.5. The SMILES string of the molecule is CCCCCCCCCOc1ccc(-c2ccc(C(=O)Oc3ccc(C(=O)OC(C)CCCC(C)C)cc3)cc2)cc1. The molecule has 0 aliphatic rings. The van der Waals surface area contributed by atoms with Crippen molar-refractivity contribution in [1.82, 2.24) is 0 Å². The lowest BCUT2D eigenvalue weighted by atomic mass is 10.0. The van der Waals surface area contributed by atoms with Gasteiger partial charge in [0.2, 0.25) is 0 Å². The van der Waals surface area contributed by atoms with E-state index in [0.29, 0.717) is 22.8 Å². The fraction of sp³-hybridized carbons (Fsp3) is 0.459. The van der Waals surface area contributed by atoms with E-state index in [2.05, 4.69) is 20.8 Å². The normalized spacial score (nSPS) is 11.7. The van der Waals surface area contributed by atoms with Crippen molar-refractivity contribution in [3.8, 4) is 22.6 Å². The first-order valence-electron chi connectivity index (χ1n) is 15.7. The van der Waals surface area contributed by atoms with Crippen molar-refractivity contribution >= 4 is 11.9 Å². The van der Waals surface area contributed by atoms with E-state index in [9.17, 15) is 9.59 Å². The predicted octanol–water partition coefficient (Wildman–Crippen LogP) is 10.1. The minimum absolute atomic E-state index is 0.136. The van der Waals surface area contributed by atoms with Crippen LogP contribution in [0.1, 0.15) is 113 Å². The Morgan fingerprint density at radius 3 is 1.74 bits per heavy atom. The summed E-state index contributed by atoms with van der Waals surface area (Å²) in [6.45, 7) is 9.28. The van der Waals surface area contributed by atoms with Crippen LogP contribution in [0.15, 0.2) is 72.8 Å². The Bertz CT molecular complexity index is 1200. The Balaban J connectivity index is 1.43. The molecule has 3 aromatic carbocycles. The third-order valence-corrected chi connectivity index (χ3v) is 7.33. The zero-order chi connectivity index (χ0) is 30.2. The van der Waals surface area contributed by atoms with Gasteiger partial charge in [0.1, 0.15) is 11.5 Å². The molecule has 0 aromatic heterocycles. The zero-order valence-electron chi connectivity index (χ0n) is 25.9. The molecule has 5 heteroatoms. The molecule has 1 unspecified atom stereocenters. The number of esters is 2. The smallest absolute Gasteiger partial charge is 0.343 e. The van der Waals surface area contributed by atoms with Crippen molar-refractivity contribution in [3.63, 3.8) is 0 Å². The van der Waals surface area contributed by atoms with Crippen LogP contribution in [0.5, 0.6) is 11.5 Å². The van der Waals surface area contributed by atoms with Crippen LogP contribution in [-0.4, -0.2) is 24.6 Å². The van der Waals surface area contributed by atoms with Crippen molar-refractivity contribution in [2.45, 2.75) is 98.0 Å². The molecule has 0 amide bonds. The Morgan fingerprint density at radius 1 is 0.595 bits per heavy atom. The molecule has 0 aliphatic heterocycles. The highest BCUT2D eigenvalue weighted by Gasteiger charge is 2.14. The first-order chi connectivity index (χ1) is 20.4. The van der Waals surface area contributed by atoms with Crippen molar-refractivity contribution in [3.05, 3.63) is 83.9 Å². The van der Waals surface area contributed by atoms with Crippen LogP contribution >= 0.6 is 0 Å². The lowest BCUT2D eigenvalue weighted by molar-refractivity contribution is 0.0318. The third kappa shape index (κ3) is 11.7. The summed E-state index contributed by atoms with van der Waals surface area (Å²) < 4.78 is 17.0. The summed E-state index contributed by atoms with van der Waals surface area (Å²) in [5, 5.41) is 0. The van der Waals surface area contributed by atoms with Crippen LogP contribution in [0.25, 0.3) is 11.1 Å². The summed E-state index contributed by atoms with van der Waals surface area (Å²) in [7, 11) is 0. The maximum absolute atomic E-state index is 12.7. The number of ether oxygens (including phenoxy) is 3. The van der Waals surface area contributed by atoms with Gasteiger partial charge >= 0.3 is 11.9 Å². The van der Waals surface area contributed by atoms with Gasteiger partial charge in [0.15, 0.2) is 0 Å². The van der Waals surface area contributed by atoms with Gasteiger partial charge < -0.3 is 14.2 Å². The number of unbranched alkanes of at least 4 members (excludes halogenated alkanes) is 6. The van der Waals surface area contributed by atoms with E-state index in [4.69, 9.17) is 14.2 Å². The molecule has 0 aliphatic carbocycles. The molecular weight excluding hydrogens is 524 g/mol. The number of hydrogen-bond donors (Lipinski definition) is 0. The summed E-state index contributed by atoms with van der Waals surface area (Å²) >= 11 is 0. The Labute approximate surface area is 252 Å². The van der Waals surface area contributed by atoms with E-state index >= 15 is 0 Å². The number of hydrogen-bond acceptors (Lipinski definition) is 5. The average molecular weight is 573 g/mol. The van der Waals surface area contributed by atoms with Gasteiger partial charge in [-0.1, -0.05) is 90.0 Å². The fourth-order valence-electron chi connectivity index (χ4n) is 4.74. The third-order valence-electron chi connectivity index (χ3n) is 7.33. The summed E-state index contributed by atoms with van der Waals surface area (Å²) in [5.74, 6) is 1.07. The van der Waals surface area contributed by atoms with Crippen molar-refractivity contribution < 1.29 is 23.8 Å². The van der Waals surface area contributed by atoms with Crippen LogP contribution in [0, 0.1) is 5.92 Å². The number of benzene rings is 3. The van der Waals surface area contributed by atoms with E-state index in [-0.39, 0.29) is 12.1 Å². The Hall–Kier alpha value is -3.60. The topological polar surface area (TPSA) is 61.8 Å². The van der Waals surface area contributed by atoms with Gasteiger partial charge in [0, 0.05) is 0 Å². The standard InChI is InChI=1S/C37H48O5/c1-5-6-7-8-9-10-11-27-40-34-23-19-31(20-24-34)30-15-17-32(18-16-30)37(39)42-35-25-21-33(22-26-35)36(38)41-29(4)14-12-13-28(2)3/h15-26,28-29H,5-14,27H2,1-4H3. The minimum Gasteiger partial charge on any atom is -0.494 e. The van der Waals surface area contributed by atoms with Crippen LogP contribution in [0.2, 0.25) is 0 Å². The van der Waals surface area contributed by atoms with Crippen LogP contribution in [0.3, 0.4) is 0 Å². The van der Waals surface area contributed by atoms with Crippen molar-refractivity contribution in [2.24, 2.45) is 5.92 Å². The highest BCUT2D eigenvalue weighted by Crippen LogP contribution is 2.24. The van der Waals surface area contributed by atoms with Crippen molar-refractivity contribution in [2.75, 3.05) is 6.61 Å². The van der Waals surface area contributed by atoms with E-state index < -0.39 is 5.97 Å². The zero-order valence-corrected chi connectivity index (χ0v) is 25.9. The lowest BCUT2D eigenvalue weighted by Gasteiger charge is -2.14. The summed E-state index contributed by atoms with van der Waals surface area (Å²) in [6.07, 6.45) is 11.7. The number of carbonyl (C=O) groups excluding carboxylic acids is 2. The average Bonchev–Trinajstić information content (AvgIpc) is 2.99. The number of carbonyl (C=O) groups is 2. The molecule has 226 valence electrons. The van der Waals surface area contributed by atoms with E-state index in [1.807, 2.05) is 43.3 Å². The molecule has 1 atom stereocenters. The largest absolute Gasteiger partial charge is 0.494 e. The maximum atomic E-state index is 12.7. The van der Waals surface area contributed by atoms with Gasteiger partial charge in [0.25, 0.3) is 0 Å². The monoisotopic (exact) mass is 572 g/mol. The van der Waals surface area contributed by atoms with Crippen LogP contribution in [-0.2, 0) is 4.74 Å². The molecule has 0 fully saturated rings. The predicted molar refractivity (Wildman–Crippen MR) is 170 cm³/mol. The summed E-state index contributed by atoms with van der Waals surface area (Å²) in [4.78, 5) is 25.1. The second kappa shape index (κ2) is 18.0. The first-order valence-corrected chi connectivity index (χ1v) is 15.7. The summed E-state index contributed by atoms with van der Waals surface area (Å²) in [6, 6.07) is 21.9. The van der Waals surface area contributed by atoms with E-state index in [1.165, 1.54) is 38.5 Å². The molecule has 0 heterocycles. The maximum Gasteiger partial charge on any atom is 0.343 e. The molecule has 3 rings (SSSR count). The van der Waals surface area contributed by atoms with Gasteiger partial charge in [-0.15, -0.1) is 0 Å². The summed E-state index contributed by atoms with van der Waals surface area (Å²) in [5.41, 5.74) is 2.94. The molecule has 0 saturated heterocycles. The second-order valence-corrected chi connectivity index (χ2v) is 11.5. The molecular formula is C37H48O5. The van der Waals surface area contributed by atoms with Gasteiger partial charge in [-0.25, -0.2) is 9.59 Å². The number of rotatable bonds is 18. The van der Waals surface area contributed by atoms with Gasteiger partial charge in [-0.3, -0.25) is 0 Å². The molecule has 0 saturated carbocycles. The second-order valence-electron chi connectivity index (χ2n) is 11.5. The quantitative estimate of drug-likeness (QED) is 0.0862. The highest BCUT2D eigenvalue weighted by molar-refractivity contribution is 5.92. The van der Waals surface area contributed by atoms with E-state index in [0.717, 1.165) is 49.2 Å². The lowest BCUT2D eigenvalue weighted by Crippen LogP contribution is -2.15. The van der Waals surface area contributed by atoms with E-state index in [1.54, 1.807) is 36.4 Å². The molecule has 0 radical (unpaired) electrons. The molecule has 3 aromatic rings. The Morgan fingerprint density at radius 2 is 1.12 bits per heavy atom. The van der Waals surface area contributed by atoms with Gasteiger partial charge in [-0.05, 0) is 91.8 Å². The van der Waals surface area contributed by atoms with Crippen LogP contribution in [0.4, 0.5) is 0 Å². The van der Waals surface area contributed by atoms with Gasteiger partial charge in [-0.2, -0.15) is 0 Å². The van der Waals surface area contributed by atoms with Crippen molar-refractivity contribution in [1.29, 1.82) is 0 Å². The molecule has 0 N–H and O–H groups in total. The minimum atomic E-state index is -0.454.